The second-order valence-electron chi connectivity index (χ2n) is 4.28. The lowest BCUT2D eigenvalue weighted by molar-refractivity contribution is 0.0786. The van der Waals surface area contributed by atoms with Gasteiger partial charge in [0.25, 0.3) is 5.91 Å². The molecule has 1 saturated heterocycles. The van der Waals surface area contributed by atoms with Crippen molar-refractivity contribution in [1.29, 1.82) is 0 Å². The van der Waals surface area contributed by atoms with Crippen LogP contribution in [0.25, 0.3) is 0 Å². The minimum absolute atomic E-state index is 0.0248. The normalized spacial score (nSPS) is 20.2. The Morgan fingerprint density at radius 3 is 2.94 bits per heavy atom. The summed E-state index contributed by atoms with van der Waals surface area (Å²) in [6.45, 7) is 2.98. The highest BCUT2D eigenvalue weighted by Crippen LogP contribution is 2.16. The number of benzene rings is 1. The summed E-state index contributed by atoms with van der Waals surface area (Å²) in [5, 5.41) is 0. The van der Waals surface area contributed by atoms with E-state index in [0.29, 0.717) is 13.1 Å². The van der Waals surface area contributed by atoms with Gasteiger partial charge in [0, 0.05) is 19.1 Å². The summed E-state index contributed by atoms with van der Waals surface area (Å²) in [6, 6.07) is 4.60. The summed E-state index contributed by atoms with van der Waals surface area (Å²) in [7, 11) is 0. The van der Waals surface area contributed by atoms with Crippen molar-refractivity contribution < 1.29 is 9.18 Å². The van der Waals surface area contributed by atoms with Crippen LogP contribution >= 0.6 is 0 Å². The third kappa shape index (κ3) is 2.07. The standard InChI is InChI=1S/C12H15FN2O/c1-8-2-3-11(13)10(6-8)12(16)15-5-4-9(14)7-15/h2-3,6,9H,4-5,7,14H2,1H3/t9-/m1/s1. The molecule has 4 heteroatoms. The van der Waals surface area contributed by atoms with Crippen LogP contribution in [0.5, 0.6) is 0 Å². The Kier molecular flexibility index (Phi) is 2.92. The molecule has 0 radical (unpaired) electrons. The predicted octanol–water partition coefficient (Wildman–Crippen LogP) is 1.31. The molecule has 1 atom stereocenters. The van der Waals surface area contributed by atoms with Crippen molar-refractivity contribution in [3.63, 3.8) is 0 Å². The molecular formula is C12H15FN2O. The second-order valence-corrected chi connectivity index (χ2v) is 4.28. The average molecular weight is 222 g/mol. The molecule has 3 nitrogen and oxygen atoms in total. The molecule has 1 aliphatic rings. The molecule has 0 unspecified atom stereocenters. The molecule has 2 rings (SSSR count). The highest BCUT2D eigenvalue weighted by molar-refractivity contribution is 5.94. The molecule has 16 heavy (non-hydrogen) atoms. The number of hydrogen-bond acceptors (Lipinski definition) is 2. The summed E-state index contributed by atoms with van der Waals surface area (Å²) >= 11 is 0. The monoisotopic (exact) mass is 222 g/mol. The molecule has 0 aromatic heterocycles. The number of hydrogen-bond donors (Lipinski definition) is 1. The van der Waals surface area contributed by atoms with Crippen molar-refractivity contribution in [3.8, 4) is 0 Å². The second kappa shape index (κ2) is 4.22. The number of amides is 1. The van der Waals surface area contributed by atoms with Crippen LogP contribution in [0.4, 0.5) is 4.39 Å². The number of carbonyl (C=O) groups is 1. The molecule has 2 N–H and O–H groups in total. The molecular weight excluding hydrogens is 207 g/mol. The zero-order chi connectivity index (χ0) is 11.7. The van der Waals surface area contributed by atoms with Gasteiger partial charge < -0.3 is 10.6 Å². The first-order valence-electron chi connectivity index (χ1n) is 5.39. The Morgan fingerprint density at radius 2 is 2.31 bits per heavy atom. The minimum Gasteiger partial charge on any atom is -0.337 e. The Morgan fingerprint density at radius 1 is 1.56 bits per heavy atom. The molecule has 1 heterocycles. The van der Waals surface area contributed by atoms with Gasteiger partial charge in [0.1, 0.15) is 5.82 Å². The minimum atomic E-state index is -0.462. The Labute approximate surface area is 94.0 Å². The van der Waals surface area contributed by atoms with Gasteiger partial charge in [-0.1, -0.05) is 11.6 Å². The number of nitrogens with zero attached hydrogens (tertiary/aromatic N) is 1. The van der Waals surface area contributed by atoms with Crippen molar-refractivity contribution in [2.24, 2.45) is 5.73 Å². The summed E-state index contributed by atoms with van der Waals surface area (Å²) in [5.74, 6) is -0.717. The molecule has 1 aromatic carbocycles. The number of nitrogens with two attached hydrogens (primary N) is 1. The van der Waals surface area contributed by atoms with Crippen LogP contribution in [0.1, 0.15) is 22.3 Å². The maximum atomic E-state index is 13.5. The van der Waals surface area contributed by atoms with Gasteiger partial charge in [-0.05, 0) is 25.5 Å². The summed E-state index contributed by atoms with van der Waals surface area (Å²) in [5.41, 5.74) is 6.75. The maximum Gasteiger partial charge on any atom is 0.256 e. The van der Waals surface area contributed by atoms with Crippen LogP contribution < -0.4 is 5.73 Å². The molecule has 0 aliphatic carbocycles. The van der Waals surface area contributed by atoms with Crippen molar-refractivity contribution in [2.75, 3.05) is 13.1 Å². The zero-order valence-corrected chi connectivity index (χ0v) is 9.24. The third-order valence-electron chi connectivity index (χ3n) is 2.86. The molecule has 86 valence electrons. The lowest BCUT2D eigenvalue weighted by Gasteiger charge is -2.16. The molecule has 0 saturated carbocycles. The average Bonchev–Trinajstić information content (AvgIpc) is 2.67. The summed E-state index contributed by atoms with van der Waals surface area (Å²) < 4.78 is 13.5. The summed E-state index contributed by atoms with van der Waals surface area (Å²) in [6.07, 6.45) is 0.791. The van der Waals surface area contributed by atoms with Gasteiger partial charge in [0.2, 0.25) is 0 Å². The van der Waals surface area contributed by atoms with Gasteiger partial charge >= 0.3 is 0 Å². The van der Waals surface area contributed by atoms with Crippen LogP contribution in [0.2, 0.25) is 0 Å². The number of halogens is 1. The van der Waals surface area contributed by atoms with Crippen molar-refractivity contribution >= 4 is 5.91 Å². The largest absolute Gasteiger partial charge is 0.337 e. The highest BCUT2D eigenvalue weighted by atomic mass is 19.1. The fourth-order valence-electron chi connectivity index (χ4n) is 1.95. The van der Waals surface area contributed by atoms with Crippen LogP contribution in [-0.4, -0.2) is 29.9 Å². The van der Waals surface area contributed by atoms with Crippen molar-refractivity contribution in [3.05, 3.63) is 35.1 Å². The molecule has 1 aliphatic heterocycles. The van der Waals surface area contributed by atoms with Gasteiger partial charge in [-0.2, -0.15) is 0 Å². The highest BCUT2D eigenvalue weighted by Gasteiger charge is 2.26. The first-order valence-corrected chi connectivity index (χ1v) is 5.39. The van der Waals surface area contributed by atoms with Gasteiger partial charge in [0.15, 0.2) is 0 Å². The van der Waals surface area contributed by atoms with E-state index < -0.39 is 5.82 Å². The van der Waals surface area contributed by atoms with E-state index in [1.807, 2.05) is 6.92 Å². The molecule has 0 spiro atoms. The smallest absolute Gasteiger partial charge is 0.256 e. The fraction of sp³-hybridized carbons (Fsp3) is 0.417. The maximum absolute atomic E-state index is 13.5. The van der Waals surface area contributed by atoms with E-state index in [4.69, 9.17) is 5.73 Å². The number of aryl methyl sites for hydroxylation is 1. The lowest BCUT2D eigenvalue weighted by Crippen LogP contribution is -2.32. The van der Waals surface area contributed by atoms with Crippen molar-refractivity contribution in [2.45, 2.75) is 19.4 Å². The SMILES string of the molecule is Cc1ccc(F)c(C(=O)N2CC[C@@H](N)C2)c1. The van der Waals surface area contributed by atoms with Crippen LogP contribution in [-0.2, 0) is 0 Å². The van der Waals surface area contributed by atoms with Gasteiger partial charge in [-0.25, -0.2) is 4.39 Å². The molecule has 1 fully saturated rings. The van der Waals surface area contributed by atoms with E-state index in [9.17, 15) is 9.18 Å². The van der Waals surface area contributed by atoms with E-state index in [1.165, 1.54) is 6.07 Å². The van der Waals surface area contributed by atoms with E-state index in [0.717, 1.165) is 12.0 Å². The van der Waals surface area contributed by atoms with E-state index >= 15 is 0 Å². The summed E-state index contributed by atoms with van der Waals surface area (Å²) in [4.78, 5) is 13.6. The van der Waals surface area contributed by atoms with E-state index in [2.05, 4.69) is 0 Å². The predicted molar refractivity (Wildman–Crippen MR) is 59.6 cm³/mol. The van der Waals surface area contributed by atoms with Gasteiger partial charge in [0.05, 0.1) is 5.56 Å². The van der Waals surface area contributed by atoms with Crippen LogP contribution in [0.3, 0.4) is 0 Å². The van der Waals surface area contributed by atoms with Crippen molar-refractivity contribution in [1.82, 2.24) is 4.90 Å². The van der Waals surface area contributed by atoms with E-state index in [-0.39, 0.29) is 17.5 Å². The van der Waals surface area contributed by atoms with Gasteiger partial charge in [-0.15, -0.1) is 0 Å². The first-order chi connectivity index (χ1) is 7.58. The van der Waals surface area contributed by atoms with Crippen LogP contribution in [0, 0.1) is 12.7 Å². The molecule has 1 amide bonds. The van der Waals surface area contributed by atoms with Crippen LogP contribution in [0.15, 0.2) is 18.2 Å². The topological polar surface area (TPSA) is 46.3 Å². The molecule has 1 aromatic rings. The third-order valence-corrected chi connectivity index (χ3v) is 2.86. The zero-order valence-electron chi connectivity index (χ0n) is 9.24. The quantitative estimate of drug-likeness (QED) is 0.778. The first kappa shape index (κ1) is 11.1. The number of rotatable bonds is 1. The van der Waals surface area contributed by atoms with E-state index in [1.54, 1.807) is 17.0 Å². The lowest BCUT2D eigenvalue weighted by atomic mass is 10.1. The fourth-order valence-corrected chi connectivity index (χ4v) is 1.95. The Hall–Kier alpha value is -1.42. The Balaban J connectivity index is 2.23. The number of carbonyl (C=O) groups excluding carboxylic acids is 1. The Bertz CT molecular complexity index is 419. The molecule has 0 bridgehead atoms. The number of likely N-dealkylation sites (tertiary alicyclic amines) is 1. The van der Waals surface area contributed by atoms with Gasteiger partial charge in [-0.3, -0.25) is 4.79 Å².